The zero-order valence-corrected chi connectivity index (χ0v) is 25.3. The molecule has 1 aliphatic rings. The van der Waals surface area contributed by atoms with E-state index in [-0.39, 0.29) is 17.7 Å². The molecule has 3 aromatic carbocycles. The SMILES string of the molecule is CN(C)c1ccc(C(=O)c2ccccc2-n2cc(OP(=O)(O)OC3[C@H](O)[C@H](O)C(O)[C@H](O)[C@H]3O)c3ccc(Cl)cc32)cc1.N. The van der Waals surface area contributed by atoms with E-state index in [0.29, 0.717) is 32.7 Å². The predicted octanol–water partition coefficient (Wildman–Crippen LogP) is 2.43. The van der Waals surface area contributed by atoms with Crippen molar-refractivity contribution in [2.24, 2.45) is 0 Å². The average Bonchev–Trinajstić information content (AvgIpc) is 3.33. The number of fused-ring (bicyclic) bond motifs is 1. The van der Waals surface area contributed by atoms with Crippen molar-refractivity contribution in [2.45, 2.75) is 36.6 Å². The first-order valence-electron chi connectivity index (χ1n) is 13.1. The molecule has 4 aromatic rings. The van der Waals surface area contributed by atoms with Crippen LogP contribution in [-0.4, -0.2) is 91.5 Å². The van der Waals surface area contributed by atoms with Crippen molar-refractivity contribution in [3.63, 3.8) is 0 Å². The molecule has 13 nitrogen and oxygen atoms in total. The summed E-state index contributed by atoms with van der Waals surface area (Å²) in [5.74, 6) is -0.445. The lowest BCUT2D eigenvalue weighted by Crippen LogP contribution is -2.64. The van der Waals surface area contributed by atoms with Crippen molar-refractivity contribution in [2.75, 3.05) is 19.0 Å². The van der Waals surface area contributed by atoms with Crippen LogP contribution in [0, 0.1) is 0 Å². The van der Waals surface area contributed by atoms with Crippen LogP contribution in [0.3, 0.4) is 0 Å². The van der Waals surface area contributed by atoms with Crippen LogP contribution >= 0.6 is 19.4 Å². The van der Waals surface area contributed by atoms with Gasteiger partial charge in [0.05, 0.1) is 17.4 Å². The fraction of sp³-hybridized carbons (Fsp3) is 0.276. The second kappa shape index (κ2) is 13.0. The summed E-state index contributed by atoms with van der Waals surface area (Å²) < 4.78 is 25.0. The Hall–Kier alpha value is -3.33. The fourth-order valence-corrected chi connectivity index (χ4v) is 6.16. The van der Waals surface area contributed by atoms with Crippen molar-refractivity contribution in [1.82, 2.24) is 10.7 Å². The minimum atomic E-state index is -5.16. The molecule has 0 aliphatic heterocycles. The van der Waals surface area contributed by atoms with Crippen molar-refractivity contribution in [3.8, 4) is 11.4 Å². The summed E-state index contributed by atoms with van der Waals surface area (Å²) in [6.07, 6.45) is -10.5. The summed E-state index contributed by atoms with van der Waals surface area (Å²) in [6.45, 7) is 0. The molecule has 7 atom stereocenters. The normalized spacial score (nSPS) is 24.8. The highest BCUT2D eigenvalue weighted by Crippen LogP contribution is 2.49. The van der Waals surface area contributed by atoms with Crippen molar-refractivity contribution in [1.29, 1.82) is 0 Å². The van der Waals surface area contributed by atoms with Crippen LogP contribution in [0.1, 0.15) is 15.9 Å². The van der Waals surface area contributed by atoms with Gasteiger partial charge in [-0.15, -0.1) is 0 Å². The number of halogens is 1. The molecule has 0 spiro atoms. The van der Waals surface area contributed by atoms with Crippen LogP contribution < -0.4 is 15.6 Å². The Bertz CT molecular complexity index is 1680. The zero-order chi connectivity index (χ0) is 31.2. The molecular formula is C29H33ClN3O10P. The molecule has 1 aliphatic carbocycles. The van der Waals surface area contributed by atoms with E-state index < -0.39 is 44.4 Å². The van der Waals surface area contributed by atoms with E-state index >= 15 is 0 Å². The summed E-state index contributed by atoms with van der Waals surface area (Å²) in [4.78, 5) is 26.1. The number of aromatic nitrogens is 1. The lowest BCUT2D eigenvalue weighted by molar-refractivity contribution is -0.219. The van der Waals surface area contributed by atoms with Crippen molar-refractivity contribution < 1.29 is 48.8 Å². The van der Waals surface area contributed by atoms with Gasteiger partial charge < -0.3 is 45.7 Å². The number of ketones is 1. The highest BCUT2D eigenvalue weighted by atomic mass is 35.5. The second-order valence-corrected chi connectivity index (χ2v) is 12.2. The minimum Gasteiger partial charge on any atom is -0.402 e. The van der Waals surface area contributed by atoms with Gasteiger partial charge in [-0.05, 0) is 54.6 Å². The highest BCUT2D eigenvalue weighted by Gasteiger charge is 2.51. The van der Waals surface area contributed by atoms with Gasteiger partial charge in [0.1, 0.15) is 36.6 Å². The second-order valence-electron chi connectivity index (χ2n) is 10.4. The van der Waals surface area contributed by atoms with Gasteiger partial charge >= 0.3 is 7.82 Å². The summed E-state index contributed by atoms with van der Waals surface area (Å²) in [5, 5.41) is 50.9. The van der Waals surface area contributed by atoms with E-state index in [1.165, 1.54) is 18.3 Å². The summed E-state index contributed by atoms with van der Waals surface area (Å²) in [6, 6.07) is 18.5. The lowest BCUT2D eigenvalue weighted by atomic mass is 9.85. The van der Waals surface area contributed by atoms with Crippen LogP contribution in [0.5, 0.6) is 5.75 Å². The molecule has 236 valence electrons. The molecule has 0 bridgehead atoms. The number of aliphatic hydroxyl groups is 5. The van der Waals surface area contributed by atoms with Gasteiger partial charge in [0.2, 0.25) is 0 Å². The third kappa shape index (κ3) is 6.39. The van der Waals surface area contributed by atoms with Crippen LogP contribution in [-0.2, 0) is 9.09 Å². The Morgan fingerprint density at radius 2 is 1.48 bits per heavy atom. The standard InChI is InChI=1S/C29H30ClN2O10P.H3N/c1-31(2)17-10-7-15(8-11-17)23(33)19-5-3-4-6-20(19)32-14-22(18-12-9-16(30)13-21(18)32)41-43(39,40)42-29-27(37)25(35)24(34)26(36)28(29)38;/h3-14,24-29,34-38H,1-2H3,(H,39,40);1H3/t24?,25-,26+,27-,28-,29?;/m1./s1. The van der Waals surface area contributed by atoms with Gasteiger partial charge in [-0.3, -0.25) is 14.2 Å². The molecular weight excluding hydrogens is 617 g/mol. The number of phosphoric ester groups is 1. The third-order valence-electron chi connectivity index (χ3n) is 7.33. The maximum Gasteiger partial charge on any atom is 0.527 e. The quantitative estimate of drug-likeness (QED) is 0.108. The molecule has 5 rings (SSSR count). The van der Waals surface area contributed by atoms with Crippen molar-refractivity contribution >= 4 is 41.8 Å². The van der Waals surface area contributed by atoms with Gasteiger partial charge in [-0.2, -0.15) is 0 Å². The molecule has 1 fully saturated rings. The Morgan fingerprint density at radius 3 is 2.09 bits per heavy atom. The first-order chi connectivity index (χ1) is 20.3. The first-order valence-corrected chi connectivity index (χ1v) is 15.0. The number of phosphoric acid groups is 1. The topological polar surface area (TPSA) is 217 Å². The van der Waals surface area contributed by atoms with E-state index in [1.54, 1.807) is 47.0 Å². The molecule has 1 saturated carbocycles. The fourth-order valence-electron chi connectivity index (χ4n) is 5.00. The summed E-state index contributed by atoms with van der Waals surface area (Å²) in [7, 11) is -1.38. The number of carbonyl (C=O) groups is 1. The number of para-hydroxylation sites is 1. The first kappa shape index (κ1) is 33.6. The largest absolute Gasteiger partial charge is 0.527 e. The number of rotatable bonds is 8. The molecule has 15 heteroatoms. The molecule has 0 saturated heterocycles. The molecule has 9 N–H and O–H groups in total. The predicted molar refractivity (Wildman–Crippen MR) is 163 cm³/mol. The van der Waals surface area contributed by atoms with Gasteiger partial charge in [-0.25, -0.2) is 4.57 Å². The van der Waals surface area contributed by atoms with E-state index in [4.69, 9.17) is 20.6 Å². The number of hydrogen-bond donors (Lipinski definition) is 7. The van der Waals surface area contributed by atoms with E-state index in [2.05, 4.69) is 0 Å². The molecule has 1 aromatic heterocycles. The molecule has 0 amide bonds. The number of carbonyl (C=O) groups excluding carboxylic acids is 1. The molecule has 44 heavy (non-hydrogen) atoms. The van der Waals surface area contributed by atoms with Crippen LogP contribution in [0.4, 0.5) is 5.69 Å². The number of benzene rings is 3. The number of anilines is 1. The van der Waals surface area contributed by atoms with E-state index in [1.807, 2.05) is 31.1 Å². The lowest BCUT2D eigenvalue weighted by Gasteiger charge is -2.41. The monoisotopic (exact) mass is 649 g/mol. The number of aliphatic hydroxyl groups excluding tert-OH is 5. The Morgan fingerprint density at radius 1 is 0.886 bits per heavy atom. The van der Waals surface area contributed by atoms with Crippen LogP contribution in [0.2, 0.25) is 5.02 Å². The maximum absolute atomic E-state index is 13.6. The average molecular weight is 650 g/mol. The molecule has 1 heterocycles. The van der Waals surface area contributed by atoms with Crippen LogP contribution in [0.25, 0.3) is 16.6 Å². The number of nitrogens with zero attached hydrogens (tertiary/aromatic N) is 2. The highest BCUT2D eigenvalue weighted by molar-refractivity contribution is 7.47. The van der Waals surface area contributed by atoms with Gasteiger partial charge in [0.15, 0.2) is 11.5 Å². The van der Waals surface area contributed by atoms with Gasteiger partial charge in [0, 0.05) is 41.3 Å². The summed E-state index contributed by atoms with van der Waals surface area (Å²) >= 11 is 6.28. The molecule has 0 radical (unpaired) electrons. The number of hydrogen-bond acceptors (Lipinski definition) is 11. The Labute approximate surface area is 257 Å². The Balaban J connectivity index is 0.00000442. The van der Waals surface area contributed by atoms with Gasteiger partial charge in [0.25, 0.3) is 0 Å². The zero-order valence-electron chi connectivity index (χ0n) is 23.6. The van der Waals surface area contributed by atoms with E-state index in [9.17, 15) is 39.8 Å². The minimum absolute atomic E-state index is 0. The maximum atomic E-state index is 13.6. The molecule has 3 unspecified atom stereocenters. The summed E-state index contributed by atoms with van der Waals surface area (Å²) in [5.41, 5.74) is 2.51. The Kier molecular flexibility index (Phi) is 9.88. The smallest absolute Gasteiger partial charge is 0.402 e. The third-order valence-corrected chi connectivity index (χ3v) is 8.50. The van der Waals surface area contributed by atoms with Crippen molar-refractivity contribution in [3.05, 3.63) is 89.1 Å². The van der Waals surface area contributed by atoms with Gasteiger partial charge in [-0.1, -0.05) is 23.7 Å². The van der Waals surface area contributed by atoms with E-state index in [0.717, 1.165) is 5.69 Å². The van der Waals surface area contributed by atoms with Crippen LogP contribution in [0.15, 0.2) is 72.9 Å².